The van der Waals surface area contributed by atoms with Gasteiger partial charge in [-0.3, -0.25) is 14.9 Å². The van der Waals surface area contributed by atoms with Crippen LogP contribution in [0.1, 0.15) is 10.4 Å². The minimum absolute atomic E-state index is 0.134. The molecule has 0 saturated carbocycles. The summed E-state index contributed by atoms with van der Waals surface area (Å²) in [7, 11) is 0. The molecule has 1 heterocycles. The zero-order valence-electron chi connectivity index (χ0n) is 18.5. The van der Waals surface area contributed by atoms with Crippen molar-refractivity contribution in [3.05, 3.63) is 103 Å². The summed E-state index contributed by atoms with van der Waals surface area (Å²) < 4.78 is 0.604. The predicted octanol–water partition coefficient (Wildman–Crippen LogP) is 6.34. The molecule has 0 aliphatic heterocycles. The van der Waals surface area contributed by atoms with Crippen molar-refractivity contribution >= 4 is 56.5 Å². The van der Waals surface area contributed by atoms with Crippen LogP contribution in [-0.4, -0.2) is 27.8 Å². The number of thioether (sulfide) groups is 1. The largest absolute Gasteiger partial charge is 0.325 e. The van der Waals surface area contributed by atoms with Crippen LogP contribution < -0.4 is 10.6 Å². The number of amides is 2. The Balaban J connectivity index is 1.16. The van der Waals surface area contributed by atoms with Crippen molar-refractivity contribution in [2.75, 3.05) is 16.4 Å². The third-order valence-electron chi connectivity index (χ3n) is 5.27. The van der Waals surface area contributed by atoms with E-state index in [0.29, 0.717) is 15.0 Å². The topological polar surface area (TPSA) is 84.0 Å². The van der Waals surface area contributed by atoms with Gasteiger partial charge in [-0.25, -0.2) is 0 Å². The molecule has 172 valence electrons. The number of carbonyl (C=O) groups excluding carboxylic acids is 2. The summed E-state index contributed by atoms with van der Waals surface area (Å²) in [5, 5.41) is 16.3. The summed E-state index contributed by atoms with van der Waals surface area (Å²) in [5.74, 6) is -0.205. The van der Waals surface area contributed by atoms with Crippen LogP contribution in [0.4, 0.5) is 10.8 Å². The molecule has 0 bridgehead atoms. The molecule has 1 aromatic heterocycles. The van der Waals surface area contributed by atoms with Crippen molar-refractivity contribution in [1.82, 2.24) is 10.2 Å². The molecule has 5 rings (SSSR count). The average molecular weight is 497 g/mol. The highest BCUT2D eigenvalue weighted by atomic mass is 32.2. The molecule has 5 aromatic rings. The second kappa shape index (κ2) is 10.5. The third kappa shape index (κ3) is 5.56. The fourth-order valence-corrected chi connectivity index (χ4v) is 5.13. The van der Waals surface area contributed by atoms with Crippen molar-refractivity contribution in [1.29, 1.82) is 0 Å². The van der Waals surface area contributed by atoms with E-state index in [1.54, 1.807) is 12.1 Å². The maximum Gasteiger partial charge on any atom is 0.257 e. The first-order valence-corrected chi connectivity index (χ1v) is 12.7. The van der Waals surface area contributed by atoms with Gasteiger partial charge in [0, 0.05) is 16.6 Å². The van der Waals surface area contributed by atoms with Crippen LogP contribution in [-0.2, 0) is 4.79 Å². The quantitative estimate of drug-likeness (QED) is 0.203. The van der Waals surface area contributed by atoms with Gasteiger partial charge < -0.3 is 5.32 Å². The van der Waals surface area contributed by atoms with E-state index in [-0.39, 0.29) is 17.6 Å². The van der Waals surface area contributed by atoms with Crippen LogP contribution in [0.5, 0.6) is 0 Å². The van der Waals surface area contributed by atoms with E-state index in [1.165, 1.54) is 23.1 Å². The number of nitrogens with zero attached hydrogens (tertiary/aromatic N) is 2. The van der Waals surface area contributed by atoms with Gasteiger partial charge in [0.15, 0.2) is 4.34 Å². The van der Waals surface area contributed by atoms with Gasteiger partial charge in [0.1, 0.15) is 0 Å². The fourth-order valence-electron chi connectivity index (χ4n) is 3.58. The van der Waals surface area contributed by atoms with E-state index in [0.717, 1.165) is 27.6 Å². The van der Waals surface area contributed by atoms with Gasteiger partial charge in [0.2, 0.25) is 11.0 Å². The number of hydrogen-bond acceptors (Lipinski definition) is 6. The number of anilines is 2. The normalized spacial score (nSPS) is 10.7. The number of aromatic nitrogens is 2. The SMILES string of the molecule is O=C(CSc1nnc(NC(=O)c2ccc(-c3ccccc3)cc2)s1)Nc1cccc2ccccc12. The van der Waals surface area contributed by atoms with E-state index < -0.39 is 0 Å². The van der Waals surface area contributed by atoms with Gasteiger partial charge in [-0.1, -0.05) is 102 Å². The molecule has 2 amide bonds. The average Bonchev–Trinajstić information content (AvgIpc) is 3.35. The second-order valence-electron chi connectivity index (χ2n) is 7.63. The molecule has 4 aromatic carbocycles. The molecule has 0 saturated heterocycles. The molecule has 0 spiro atoms. The monoisotopic (exact) mass is 496 g/mol. The Kier molecular flexibility index (Phi) is 6.83. The van der Waals surface area contributed by atoms with Crippen molar-refractivity contribution in [2.45, 2.75) is 4.34 Å². The van der Waals surface area contributed by atoms with E-state index >= 15 is 0 Å². The molecule has 0 atom stereocenters. The highest BCUT2D eigenvalue weighted by Gasteiger charge is 2.13. The lowest BCUT2D eigenvalue weighted by Crippen LogP contribution is -2.14. The Morgan fingerprint density at radius 2 is 1.46 bits per heavy atom. The van der Waals surface area contributed by atoms with Crippen LogP contribution in [0.25, 0.3) is 21.9 Å². The van der Waals surface area contributed by atoms with Gasteiger partial charge >= 0.3 is 0 Å². The second-order valence-corrected chi connectivity index (χ2v) is 9.83. The molecule has 0 aliphatic rings. The Labute approximate surface area is 210 Å². The number of rotatable bonds is 7. The van der Waals surface area contributed by atoms with Gasteiger partial charge in [-0.15, -0.1) is 10.2 Å². The number of carbonyl (C=O) groups is 2. The smallest absolute Gasteiger partial charge is 0.257 e. The van der Waals surface area contributed by atoms with Crippen LogP contribution in [0, 0.1) is 0 Å². The summed E-state index contributed by atoms with van der Waals surface area (Å²) in [6.45, 7) is 0. The standard InChI is InChI=1S/C27H20N4O2S2/c32-24(28-23-12-6-10-20-9-4-5-11-22(20)23)17-34-27-31-30-26(35-27)29-25(33)21-15-13-19(14-16-21)18-7-2-1-3-8-18/h1-16H,17H2,(H,28,32)(H,29,30,33). The molecule has 0 aliphatic carbocycles. The van der Waals surface area contributed by atoms with Crippen molar-refractivity contribution in [2.24, 2.45) is 0 Å². The maximum atomic E-state index is 12.6. The summed E-state index contributed by atoms with van der Waals surface area (Å²) >= 11 is 2.51. The van der Waals surface area contributed by atoms with Crippen LogP contribution in [0.15, 0.2) is 101 Å². The van der Waals surface area contributed by atoms with Crippen LogP contribution >= 0.6 is 23.1 Å². The molecule has 6 nitrogen and oxygen atoms in total. The van der Waals surface area contributed by atoms with Crippen LogP contribution in [0.2, 0.25) is 0 Å². The van der Waals surface area contributed by atoms with Gasteiger partial charge in [0.05, 0.1) is 5.75 Å². The van der Waals surface area contributed by atoms with Gasteiger partial charge in [-0.05, 0) is 34.7 Å². The Morgan fingerprint density at radius 1 is 0.743 bits per heavy atom. The molecule has 0 unspecified atom stereocenters. The first-order valence-electron chi connectivity index (χ1n) is 10.9. The first-order chi connectivity index (χ1) is 17.2. The summed E-state index contributed by atoms with van der Waals surface area (Å²) in [6, 6.07) is 31.1. The minimum atomic E-state index is -0.258. The fraction of sp³-hybridized carbons (Fsp3) is 0.0370. The van der Waals surface area contributed by atoms with Crippen LogP contribution in [0.3, 0.4) is 0 Å². The van der Waals surface area contributed by atoms with Crippen molar-refractivity contribution in [3.8, 4) is 11.1 Å². The Morgan fingerprint density at radius 3 is 2.29 bits per heavy atom. The van der Waals surface area contributed by atoms with Gasteiger partial charge in [-0.2, -0.15) is 0 Å². The number of hydrogen-bond donors (Lipinski definition) is 2. The minimum Gasteiger partial charge on any atom is -0.325 e. The summed E-state index contributed by atoms with van der Waals surface area (Å²) in [6.07, 6.45) is 0. The maximum absolute atomic E-state index is 12.6. The van der Waals surface area contributed by atoms with E-state index in [9.17, 15) is 9.59 Å². The van der Waals surface area contributed by atoms with Gasteiger partial charge in [0.25, 0.3) is 5.91 Å². The molecule has 0 radical (unpaired) electrons. The molecule has 8 heteroatoms. The number of nitrogens with one attached hydrogen (secondary N) is 2. The Bertz CT molecular complexity index is 1480. The van der Waals surface area contributed by atoms with E-state index in [1.807, 2.05) is 84.9 Å². The van der Waals surface area contributed by atoms with Crippen molar-refractivity contribution < 1.29 is 9.59 Å². The first kappa shape index (κ1) is 22.8. The van der Waals surface area contributed by atoms with E-state index in [4.69, 9.17) is 0 Å². The molecule has 2 N–H and O–H groups in total. The molecule has 35 heavy (non-hydrogen) atoms. The highest BCUT2D eigenvalue weighted by Crippen LogP contribution is 2.27. The molecule has 0 fully saturated rings. The summed E-state index contributed by atoms with van der Waals surface area (Å²) in [5.41, 5.74) is 3.44. The molecular formula is C27H20N4O2S2. The molecular weight excluding hydrogens is 476 g/mol. The zero-order chi connectivity index (χ0) is 24.0. The predicted molar refractivity (Wildman–Crippen MR) is 143 cm³/mol. The lowest BCUT2D eigenvalue weighted by Gasteiger charge is -2.08. The lowest BCUT2D eigenvalue weighted by atomic mass is 10.0. The zero-order valence-corrected chi connectivity index (χ0v) is 20.1. The van der Waals surface area contributed by atoms with Crippen molar-refractivity contribution in [3.63, 3.8) is 0 Å². The number of benzene rings is 4. The third-order valence-corrected chi connectivity index (χ3v) is 7.24. The lowest BCUT2D eigenvalue weighted by molar-refractivity contribution is -0.113. The highest BCUT2D eigenvalue weighted by molar-refractivity contribution is 8.01. The Hall–Kier alpha value is -4.01. The van der Waals surface area contributed by atoms with E-state index in [2.05, 4.69) is 20.8 Å². The number of fused-ring (bicyclic) bond motifs is 1. The summed E-state index contributed by atoms with van der Waals surface area (Å²) in [4.78, 5) is 25.1.